The topological polar surface area (TPSA) is 29.5 Å². The summed E-state index contributed by atoms with van der Waals surface area (Å²) in [6.45, 7) is 8.40. The van der Waals surface area contributed by atoms with Gasteiger partial charge in [0, 0.05) is 26.1 Å². The van der Waals surface area contributed by atoms with Gasteiger partial charge >= 0.3 is 0 Å². The Bertz CT molecular complexity index is 348. The molecule has 0 radical (unpaired) electrons. The van der Waals surface area contributed by atoms with Gasteiger partial charge in [0.05, 0.1) is 6.10 Å². The first-order valence-electron chi connectivity index (χ1n) is 6.93. The van der Waals surface area contributed by atoms with E-state index in [0.29, 0.717) is 12.0 Å². The molecule has 2 aliphatic rings. The van der Waals surface area contributed by atoms with Crippen LogP contribution in [-0.2, 0) is 9.53 Å². The van der Waals surface area contributed by atoms with Gasteiger partial charge in [0.25, 0.3) is 0 Å². The van der Waals surface area contributed by atoms with Crippen LogP contribution >= 0.6 is 0 Å². The van der Waals surface area contributed by atoms with Crippen LogP contribution in [0.1, 0.15) is 40.0 Å². The minimum absolute atomic E-state index is 0.208. The predicted octanol–water partition coefficient (Wildman–Crippen LogP) is 2.62. The van der Waals surface area contributed by atoms with E-state index in [1.54, 1.807) is 7.11 Å². The number of hydrogen-bond acceptors (Lipinski definition) is 2. The van der Waals surface area contributed by atoms with Gasteiger partial charge in [0.15, 0.2) is 0 Å². The summed E-state index contributed by atoms with van der Waals surface area (Å²) in [5, 5.41) is 0. The zero-order valence-corrected chi connectivity index (χ0v) is 12.0. The lowest BCUT2D eigenvalue weighted by molar-refractivity contribution is -0.143. The van der Waals surface area contributed by atoms with Crippen molar-refractivity contribution in [1.82, 2.24) is 4.90 Å². The van der Waals surface area contributed by atoms with Gasteiger partial charge in [-0.3, -0.25) is 4.79 Å². The molecule has 1 fully saturated rings. The zero-order chi connectivity index (χ0) is 13.3. The van der Waals surface area contributed by atoms with Crippen molar-refractivity contribution in [2.75, 3.05) is 20.2 Å². The van der Waals surface area contributed by atoms with Crippen LogP contribution in [0.15, 0.2) is 11.6 Å². The van der Waals surface area contributed by atoms with Crippen molar-refractivity contribution < 1.29 is 9.53 Å². The zero-order valence-electron chi connectivity index (χ0n) is 12.0. The quantitative estimate of drug-likeness (QED) is 0.706. The monoisotopic (exact) mass is 251 g/mol. The molecule has 102 valence electrons. The van der Waals surface area contributed by atoms with E-state index in [0.717, 1.165) is 32.4 Å². The summed E-state index contributed by atoms with van der Waals surface area (Å²) in [5.41, 5.74) is 1.72. The molecule has 0 N–H and O–H groups in total. The molecule has 0 aromatic rings. The summed E-state index contributed by atoms with van der Waals surface area (Å²) in [6, 6.07) is 0. The number of hydrogen-bond donors (Lipinski definition) is 0. The van der Waals surface area contributed by atoms with E-state index in [4.69, 9.17) is 4.74 Å². The molecule has 0 aromatic carbocycles. The van der Waals surface area contributed by atoms with Gasteiger partial charge in [-0.15, -0.1) is 0 Å². The van der Waals surface area contributed by atoms with Crippen LogP contribution in [-0.4, -0.2) is 37.1 Å². The molecule has 1 aliphatic heterocycles. The van der Waals surface area contributed by atoms with Crippen LogP contribution in [0, 0.1) is 11.3 Å². The molecule has 0 saturated heterocycles. The Balaban J connectivity index is 1.87. The summed E-state index contributed by atoms with van der Waals surface area (Å²) in [4.78, 5) is 14.2. The maximum Gasteiger partial charge on any atom is 0.226 e. The Hall–Kier alpha value is -0.830. The normalized spacial score (nSPS) is 28.7. The van der Waals surface area contributed by atoms with E-state index in [9.17, 15) is 4.79 Å². The third-order valence-corrected chi connectivity index (χ3v) is 4.26. The van der Waals surface area contributed by atoms with Crippen LogP contribution < -0.4 is 0 Å². The second-order valence-electron chi connectivity index (χ2n) is 6.54. The van der Waals surface area contributed by atoms with Crippen molar-refractivity contribution in [2.24, 2.45) is 11.3 Å². The fraction of sp³-hybridized carbons (Fsp3) is 0.800. The molecule has 0 atom stereocenters. The maximum absolute atomic E-state index is 12.2. The van der Waals surface area contributed by atoms with Gasteiger partial charge in [-0.1, -0.05) is 32.4 Å². The Morgan fingerprint density at radius 2 is 2.06 bits per heavy atom. The molecule has 0 bridgehead atoms. The number of rotatable bonds is 2. The van der Waals surface area contributed by atoms with E-state index in [1.807, 2.05) is 4.90 Å². The molecule has 1 aliphatic carbocycles. The Kier molecular flexibility index (Phi) is 3.81. The summed E-state index contributed by atoms with van der Waals surface area (Å²) in [7, 11) is 1.73. The van der Waals surface area contributed by atoms with Crippen LogP contribution in [0.4, 0.5) is 0 Å². The minimum atomic E-state index is 0.208. The molecule has 0 unspecified atom stereocenters. The highest BCUT2D eigenvalue weighted by atomic mass is 16.5. The van der Waals surface area contributed by atoms with Gasteiger partial charge in [-0.05, 0) is 24.7 Å². The molecule has 3 nitrogen and oxygen atoms in total. The molecule has 0 spiro atoms. The number of amides is 1. The van der Waals surface area contributed by atoms with Crippen LogP contribution in [0.25, 0.3) is 0 Å². The van der Waals surface area contributed by atoms with Crippen molar-refractivity contribution >= 4 is 5.91 Å². The molecule has 1 saturated carbocycles. The summed E-state index contributed by atoms with van der Waals surface area (Å²) < 4.78 is 5.23. The van der Waals surface area contributed by atoms with E-state index in [1.165, 1.54) is 5.57 Å². The summed E-state index contributed by atoms with van der Waals surface area (Å²) in [5.74, 6) is 0.534. The van der Waals surface area contributed by atoms with E-state index in [2.05, 4.69) is 26.8 Å². The Labute approximate surface area is 110 Å². The van der Waals surface area contributed by atoms with E-state index >= 15 is 0 Å². The average molecular weight is 251 g/mol. The second kappa shape index (κ2) is 5.04. The standard InChI is InChI=1S/C15H25NO2/c1-15(2,3)12-5-7-16(8-6-12)14(17)11-9-13(10-11)18-4/h5,11,13H,6-10H2,1-4H3. The minimum Gasteiger partial charge on any atom is -0.381 e. The third-order valence-electron chi connectivity index (χ3n) is 4.26. The van der Waals surface area contributed by atoms with E-state index in [-0.39, 0.29) is 11.3 Å². The average Bonchev–Trinajstić information content (AvgIpc) is 2.26. The maximum atomic E-state index is 12.2. The number of nitrogens with zero attached hydrogens (tertiary/aromatic N) is 1. The van der Waals surface area contributed by atoms with Crippen molar-refractivity contribution in [3.8, 4) is 0 Å². The lowest BCUT2D eigenvalue weighted by Gasteiger charge is -2.38. The molecular weight excluding hydrogens is 226 g/mol. The third kappa shape index (κ3) is 2.77. The molecule has 1 heterocycles. The largest absolute Gasteiger partial charge is 0.381 e. The Morgan fingerprint density at radius 1 is 1.39 bits per heavy atom. The SMILES string of the molecule is COC1CC(C(=O)N2CC=C(C(C)(C)C)CC2)C1. The second-order valence-corrected chi connectivity index (χ2v) is 6.54. The van der Waals surface area contributed by atoms with Crippen LogP contribution in [0.2, 0.25) is 0 Å². The number of carbonyl (C=O) groups is 1. The molecule has 18 heavy (non-hydrogen) atoms. The van der Waals surface area contributed by atoms with Crippen LogP contribution in [0.5, 0.6) is 0 Å². The molecule has 1 amide bonds. The fourth-order valence-corrected chi connectivity index (χ4v) is 2.77. The fourth-order valence-electron chi connectivity index (χ4n) is 2.77. The van der Waals surface area contributed by atoms with Crippen molar-refractivity contribution in [1.29, 1.82) is 0 Å². The predicted molar refractivity (Wildman–Crippen MR) is 72.3 cm³/mol. The highest BCUT2D eigenvalue weighted by Gasteiger charge is 2.37. The summed E-state index contributed by atoms with van der Waals surface area (Å²) in [6.07, 6.45) is 5.39. The first-order chi connectivity index (χ1) is 8.41. The van der Waals surface area contributed by atoms with Gasteiger partial charge < -0.3 is 9.64 Å². The highest BCUT2D eigenvalue weighted by molar-refractivity contribution is 5.80. The molecule has 2 rings (SSSR count). The molecule has 3 heteroatoms. The lowest BCUT2D eigenvalue weighted by atomic mass is 9.80. The van der Waals surface area contributed by atoms with Crippen molar-refractivity contribution in [3.05, 3.63) is 11.6 Å². The van der Waals surface area contributed by atoms with Gasteiger partial charge in [-0.2, -0.15) is 0 Å². The van der Waals surface area contributed by atoms with Gasteiger partial charge in [0.2, 0.25) is 5.91 Å². The highest BCUT2D eigenvalue weighted by Crippen LogP contribution is 2.34. The van der Waals surface area contributed by atoms with Crippen LogP contribution in [0.3, 0.4) is 0 Å². The van der Waals surface area contributed by atoms with Crippen molar-refractivity contribution in [2.45, 2.75) is 46.1 Å². The first-order valence-corrected chi connectivity index (χ1v) is 6.93. The van der Waals surface area contributed by atoms with E-state index < -0.39 is 0 Å². The first kappa shape index (κ1) is 13.6. The number of methoxy groups -OCH3 is 1. The molecular formula is C15H25NO2. The van der Waals surface area contributed by atoms with Crippen molar-refractivity contribution in [3.63, 3.8) is 0 Å². The molecule has 0 aromatic heterocycles. The summed E-state index contributed by atoms with van der Waals surface area (Å²) >= 11 is 0. The van der Waals surface area contributed by atoms with Gasteiger partial charge in [-0.25, -0.2) is 0 Å². The lowest BCUT2D eigenvalue weighted by Crippen LogP contribution is -2.46. The van der Waals surface area contributed by atoms with Gasteiger partial charge in [0.1, 0.15) is 0 Å². The number of carbonyl (C=O) groups excluding carboxylic acids is 1. The number of ether oxygens (including phenoxy) is 1. The Morgan fingerprint density at radius 3 is 2.50 bits per heavy atom. The smallest absolute Gasteiger partial charge is 0.226 e.